The van der Waals surface area contributed by atoms with Gasteiger partial charge in [0.15, 0.2) is 11.5 Å². The third-order valence-corrected chi connectivity index (χ3v) is 4.77. The molecular formula is C20H24N2O5S. The number of hydrogen-bond acceptors (Lipinski definition) is 6. The zero-order chi connectivity index (χ0) is 20.4. The SMILES string of the molecule is CCOc1ccc(CCNC(=O)CSc2ccc([N+](=O)[O-])cc2)cc1OCC. The Labute approximate surface area is 168 Å². The molecule has 0 spiro atoms. The quantitative estimate of drug-likeness (QED) is 0.348. The summed E-state index contributed by atoms with van der Waals surface area (Å²) < 4.78 is 11.2. The number of carbonyl (C=O) groups excluding carboxylic acids is 1. The summed E-state index contributed by atoms with van der Waals surface area (Å²) >= 11 is 1.34. The molecule has 0 fully saturated rings. The number of non-ortho nitro benzene ring substituents is 1. The van der Waals surface area contributed by atoms with E-state index in [1.807, 2.05) is 32.0 Å². The molecule has 0 radical (unpaired) electrons. The minimum Gasteiger partial charge on any atom is -0.490 e. The number of ether oxygens (including phenoxy) is 2. The van der Waals surface area contributed by atoms with Gasteiger partial charge in [-0.15, -0.1) is 11.8 Å². The van der Waals surface area contributed by atoms with Gasteiger partial charge in [0.05, 0.1) is 23.9 Å². The molecule has 0 aromatic heterocycles. The van der Waals surface area contributed by atoms with Gasteiger partial charge in [0, 0.05) is 23.6 Å². The van der Waals surface area contributed by atoms with E-state index in [2.05, 4.69) is 5.32 Å². The number of benzene rings is 2. The second kappa shape index (κ2) is 11.2. The summed E-state index contributed by atoms with van der Waals surface area (Å²) in [7, 11) is 0. The van der Waals surface area contributed by atoms with E-state index >= 15 is 0 Å². The molecule has 0 aliphatic rings. The smallest absolute Gasteiger partial charge is 0.269 e. The van der Waals surface area contributed by atoms with E-state index in [1.165, 1.54) is 23.9 Å². The van der Waals surface area contributed by atoms with Crippen molar-refractivity contribution in [3.63, 3.8) is 0 Å². The number of rotatable bonds is 11. The number of hydrogen-bond donors (Lipinski definition) is 1. The predicted octanol–water partition coefficient (Wildman–Crippen LogP) is 3.84. The fraction of sp³-hybridized carbons (Fsp3) is 0.350. The minimum absolute atomic E-state index is 0.0376. The van der Waals surface area contributed by atoms with Gasteiger partial charge < -0.3 is 14.8 Å². The van der Waals surface area contributed by atoms with Gasteiger partial charge in [-0.2, -0.15) is 0 Å². The van der Waals surface area contributed by atoms with Crippen LogP contribution in [0.4, 0.5) is 5.69 Å². The molecule has 0 bridgehead atoms. The molecule has 0 atom stereocenters. The molecule has 0 aliphatic carbocycles. The lowest BCUT2D eigenvalue weighted by molar-refractivity contribution is -0.384. The highest BCUT2D eigenvalue weighted by Crippen LogP contribution is 2.28. The Morgan fingerprint density at radius 1 is 1.07 bits per heavy atom. The standard InChI is InChI=1S/C20H24N2O5S/c1-3-26-18-10-5-15(13-19(18)27-4-2)11-12-21-20(23)14-28-17-8-6-16(7-9-17)22(24)25/h5-10,13H,3-4,11-12,14H2,1-2H3,(H,21,23). The van der Waals surface area contributed by atoms with Crippen molar-refractivity contribution in [2.24, 2.45) is 0 Å². The van der Waals surface area contributed by atoms with Crippen molar-refractivity contribution in [2.75, 3.05) is 25.5 Å². The van der Waals surface area contributed by atoms with E-state index < -0.39 is 4.92 Å². The van der Waals surface area contributed by atoms with Crippen LogP contribution in [0.1, 0.15) is 19.4 Å². The number of nitro groups is 1. The monoisotopic (exact) mass is 404 g/mol. The molecule has 0 unspecified atom stereocenters. The Hall–Kier alpha value is -2.74. The maximum absolute atomic E-state index is 12.0. The molecule has 8 heteroatoms. The lowest BCUT2D eigenvalue weighted by atomic mass is 10.1. The van der Waals surface area contributed by atoms with Gasteiger partial charge in [0.2, 0.25) is 5.91 Å². The molecule has 7 nitrogen and oxygen atoms in total. The van der Waals surface area contributed by atoms with Gasteiger partial charge in [0.1, 0.15) is 0 Å². The highest BCUT2D eigenvalue weighted by Gasteiger charge is 2.08. The van der Waals surface area contributed by atoms with Crippen molar-refractivity contribution in [1.82, 2.24) is 5.32 Å². The Kier molecular flexibility index (Phi) is 8.61. The van der Waals surface area contributed by atoms with E-state index in [0.29, 0.717) is 31.9 Å². The second-order valence-corrected chi connectivity index (χ2v) is 6.84. The third kappa shape index (κ3) is 6.77. The lowest BCUT2D eigenvalue weighted by Crippen LogP contribution is -2.27. The third-order valence-electron chi connectivity index (χ3n) is 3.76. The van der Waals surface area contributed by atoms with Crippen LogP contribution in [-0.2, 0) is 11.2 Å². The molecule has 0 heterocycles. The summed E-state index contributed by atoms with van der Waals surface area (Å²) in [5, 5.41) is 13.5. The van der Waals surface area contributed by atoms with Crippen molar-refractivity contribution in [3.05, 3.63) is 58.1 Å². The van der Waals surface area contributed by atoms with Crippen LogP contribution < -0.4 is 14.8 Å². The highest BCUT2D eigenvalue weighted by atomic mass is 32.2. The number of nitro benzene ring substituents is 1. The molecule has 0 saturated heterocycles. The van der Waals surface area contributed by atoms with Gasteiger partial charge in [-0.25, -0.2) is 0 Å². The molecule has 1 N–H and O–H groups in total. The molecule has 28 heavy (non-hydrogen) atoms. The average Bonchev–Trinajstić information content (AvgIpc) is 2.69. The van der Waals surface area contributed by atoms with E-state index in [1.54, 1.807) is 12.1 Å². The largest absolute Gasteiger partial charge is 0.490 e. The zero-order valence-corrected chi connectivity index (χ0v) is 16.8. The van der Waals surface area contributed by atoms with Crippen molar-refractivity contribution >= 4 is 23.4 Å². The molecule has 1 amide bonds. The van der Waals surface area contributed by atoms with Crippen LogP contribution in [-0.4, -0.2) is 36.3 Å². The maximum Gasteiger partial charge on any atom is 0.269 e. The van der Waals surface area contributed by atoms with Crippen LogP contribution in [0.5, 0.6) is 11.5 Å². The van der Waals surface area contributed by atoms with Crippen molar-refractivity contribution < 1.29 is 19.2 Å². The first kappa shape index (κ1) is 21.6. The Bertz CT molecular complexity index is 796. The first-order chi connectivity index (χ1) is 13.5. The van der Waals surface area contributed by atoms with E-state index in [-0.39, 0.29) is 17.3 Å². The summed E-state index contributed by atoms with van der Waals surface area (Å²) in [6.45, 7) is 5.49. The summed E-state index contributed by atoms with van der Waals surface area (Å²) in [5.41, 5.74) is 1.09. The van der Waals surface area contributed by atoms with Crippen LogP contribution in [0.3, 0.4) is 0 Å². The molecule has 2 rings (SSSR count). The molecule has 0 saturated carbocycles. The van der Waals surface area contributed by atoms with Crippen LogP contribution in [0.25, 0.3) is 0 Å². The van der Waals surface area contributed by atoms with Crippen LogP contribution in [0, 0.1) is 10.1 Å². The Balaban J connectivity index is 1.78. The number of amides is 1. The lowest BCUT2D eigenvalue weighted by Gasteiger charge is -2.12. The summed E-state index contributed by atoms with van der Waals surface area (Å²) in [5.74, 6) is 1.60. The van der Waals surface area contributed by atoms with Gasteiger partial charge >= 0.3 is 0 Å². The Morgan fingerprint density at radius 3 is 2.39 bits per heavy atom. The molecule has 2 aromatic rings. The molecule has 0 aliphatic heterocycles. The first-order valence-electron chi connectivity index (χ1n) is 9.06. The zero-order valence-electron chi connectivity index (χ0n) is 16.0. The van der Waals surface area contributed by atoms with Crippen LogP contribution >= 0.6 is 11.8 Å². The van der Waals surface area contributed by atoms with E-state index in [9.17, 15) is 14.9 Å². The van der Waals surface area contributed by atoms with E-state index in [4.69, 9.17) is 9.47 Å². The Morgan fingerprint density at radius 2 is 1.75 bits per heavy atom. The fourth-order valence-electron chi connectivity index (χ4n) is 2.46. The van der Waals surface area contributed by atoms with E-state index in [0.717, 1.165) is 16.2 Å². The normalized spacial score (nSPS) is 10.4. The van der Waals surface area contributed by atoms with Crippen molar-refractivity contribution in [3.8, 4) is 11.5 Å². The maximum atomic E-state index is 12.0. The number of carbonyl (C=O) groups is 1. The minimum atomic E-state index is -0.445. The van der Waals surface area contributed by atoms with Crippen molar-refractivity contribution in [1.29, 1.82) is 0 Å². The summed E-state index contributed by atoms with van der Waals surface area (Å²) in [6.07, 6.45) is 0.681. The fourth-order valence-corrected chi connectivity index (χ4v) is 3.19. The van der Waals surface area contributed by atoms with Crippen LogP contribution in [0.15, 0.2) is 47.4 Å². The molecule has 150 valence electrons. The molecule has 2 aromatic carbocycles. The molecular weight excluding hydrogens is 380 g/mol. The van der Waals surface area contributed by atoms with Crippen LogP contribution in [0.2, 0.25) is 0 Å². The predicted molar refractivity (Wildman–Crippen MR) is 109 cm³/mol. The number of thioether (sulfide) groups is 1. The van der Waals surface area contributed by atoms with Gasteiger partial charge in [-0.3, -0.25) is 14.9 Å². The van der Waals surface area contributed by atoms with Gasteiger partial charge in [0.25, 0.3) is 5.69 Å². The number of nitrogens with zero attached hydrogens (tertiary/aromatic N) is 1. The van der Waals surface area contributed by atoms with Gasteiger partial charge in [-0.05, 0) is 50.1 Å². The van der Waals surface area contributed by atoms with Crippen molar-refractivity contribution in [2.45, 2.75) is 25.2 Å². The van der Waals surface area contributed by atoms with Gasteiger partial charge in [-0.1, -0.05) is 6.07 Å². The average molecular weight is 404 g/mol. The highest BCUT2D eigenvalue weighted by molar-refractivity contribution is 8.00. The topological polar surface area (TPSA) is 90.7 Å². The number of nitrogens with one attached hydrogen (secondary N) is 1. The second-order valence-electron chi connectivity index (χ2n) is 5.79. The summed E-state index contributed by atoms with van der Waals surface area (Å²) in [4.78, 5) is 23.0. The first-order valence-corrected chi connectivity index (χ1v) is 10.0. The summed E-state index contributed by atoms with van der Waals surface area (Å²) in [6, 6.07) is 11.9.